The smallest absolute Gasteiger partial charge is 0.182 e. The zero-order valence-corrected chi connectivity index (χ0v) is 9.57. The van der Waals surface area contributed by atoms with E-state index in [4.69, 9.17) is 0 Å². The molecule has 1 aromatic carbocycles. The molecule has 0 bridgehead atoms. The molecule has 1 fully saturated rings. The Morgan fingerprint density at radius 1 is 1.27 bits per heavy atom. The molecule has 0 aromatic heterocycles. The first-order valence-corrected chi connectivity index (χ1v) is 6.63. The summed E-state index contributed by atoms with van der Waals surface area (Å²) in [6.07, 6.45) is 0.744. The zero-order valence-electron chi connectivity index (χ0n) is 8.76. The zero-order chi connectivity index (χ0) is 10.9. The molecule has 0 aliphatic carbocycles. The highest BCUT2D eigenvalue weighted by Gasteiger charge is 2.32. The molecule has 1 heterocycles. The Balaban J connectivity index is 2.28. The average molecular weight is 225 g/mol. The molecule has 82 valence electrons. The number of hydrogen-bond donors (Lipinski definition) is 0. The minimum atomic E-state index is -3.11. The Morgan fingerprint density at radius 2 is 1.93 bits per heavy atom. The number of hydrogen-bond acceptors (Lipinski definition) is 3. The van der Waals surface area contributed by atoms with Crippen molar-refractivity contribution in [3.8, 4) is 0 Å². The minimum Gasteiger partial charge on any atom is -0.305 e. The third-order valence-corrected chi connectivity index (χ3v) is 5.05. The molecule has 2 rings (SSSR count). The van der Waals surface area contributed by atoms with Gasteiger partial charge in [0, 0.05) is 6.54 Å². The van der Waals surface area contributed by atoms with Crippen molar-refractivity contribution in [1.82, 2.24) is 4.90 Å². The highest BCUT2D eigenvalue weighted by atomic mass is 32.2. The van der Waals surface area contributed by atoms with Crippen LogP contribution in [-0.2, 0) is 9.84 Å². The van der Waals surface area contributed by atoms with Crippen molar-refractivity contribution < 1.29 is 8.42 Å². The van der Waals surface area contributed by atoms with E-state index in [1.165, 1.54) is 0 Å². The number of benzene rings is 1. The Labute approximate surface area is 90.6 Å². The molecule has 1 unspecified atom stereocenters. The van der Waals surface area contributed by atoms with Crippen molar-refractivity contribution in [2.45, 2.75) is 16.6 Å². The summed E-state index contributed by atoms with van der Waals surface area (Å²) >= 11 is 0. The number of likely N-dealkylation sites (tertiary alicyclic amines) is 1. The molecular weight excluding hydrogens is 210 g/mol. The lowest BCUT2D eigenvalue weighted by atomic mass is 10.4. The maximum absolute atomic E-state index is 12.2. The standard InChI is InChI=1S/C11H15NO2S/c1-12-8-7-11(9-12)15(13,14)10-5-3-2-4-6-10/h2-6,11H,7-9H2,1H3. The summed E-state index contributed by atoms with van der Waals surface area (Å²) in [6.45, 7) is 1.52. The molecule has 1 atom stereocenters. The first-order valence-electron chi connectivity index (χ1n) is 5.08. The Kier molecular flexibility index (Phi) is 2.80. The molecule has 1 aliphatic heterocycles. The van der Waals surface area contributed by atoms with E-state index in [1.807, 2.05) is 13.1 Å². The molecule has 1 aromatic rings. The van der Waals surface area contributed by atoms with E-state index in [0.29, 0.717) is 11.4 Å². The summed E-state index contributed by atoms with van der Waals surface area (Å²) in [5.74, 6) is 0. The van der Waals surface area contributed by atoms with Crippen LogP contribution >= 0.6 is 0 Å². The van der Waals surface area contributed by atoms with Gasteiger partial charge in [0.15, 0.2) is 9.84 Å². The Bertz CT molecular complexity index is 427. The fraction of sp³-hybridized carbons (Fsp3) is 0.455. The van der Waals surface area contributed by atoms with Crippen molar-refractivity contribution >= 4 is 9.84 Å². The third kappa shape index (κ3) is 2.06. The molecule has 1 aliphatic rings. The van der Waals surface area contributed by atoms with Crippen molar-refractivity contribution in [3.63, 3.8) is 0 Å². The fourth-order valence-electron chi connectivity index (χ4n) is 1.95. The second kappa shape index (κ2) is 3.94. The van der Waals surface area contributed by atoms with Gasteiger partial charge in [-0.25, -0.2) is 8.42 Å². The second-order valence-electron chi connectivity index (χ2n) is 4.03. The highest BCUT2D eigenvalue weighted by molar-refractivity contribution is 7.92. The van der Waals surface area contributed by atoms with E-state index < -0.39 is 9.84 Å². The van der Waals surface area contributed by atoms with E-state index in [0.717, 1.165) is 13.0 Å². The van der Waals surface area contributed by atoms with Crippen LogP contribution in [0.3, 0.4) is 0 Å². The fourth-order valence-corrected chi connectivity index (χ4v) is 3.74. The van der Waals surface area contributed by atoms with Gasteiger partial charge in [0.25, 0.3) is 0 Å². The molecule has 15 heavy (non-hydrogen) atoms. The van der Waals surface area contributed by atoms with Gasteiger partial charge in [0.2, 0.25) is 0 Å². The normalized spacial score (nSPS) is 23.1. The van der Waals surface area contributed by atoms with Gasteiger partial charge in [-0.3, -0.25) is 0 Å². The lowest BCUT2D eigenvalue weighted by Gasteiger charge is -2.11. The van der Waals surface area contributed by atoms with Crippen LogP contribution in [0.4, 0.5) is 0 Å². The van der Waals surface area contributed by atoms with E-state index >= 15 is 0 Å². The van der Waals surface area contributed by atoms with Gasteiger partial charge in [-0.05, 0) is 32.1 Å². The van der Waals surface area contributed by atoms with Crippen molar-refractivity contribution in [2.24, 2.45) is 0 Å². The van der Waals surface area contributed by atoms with Gasteiger partial charge in [0.1, 0.15) is 0 Å². The summed E-state index contributed by atoms with van der Waals surface area (Å²) in [4.78, 5) is 2.51. The lowest BCUT2D eigenvalue weighted by molar-refractivity contribution is 0.417. The topological polar surface area (TPSA) is 37.4 Å². The van der Waals surface area contributed by atoms with Crippen LogP contribution in [0.25, 0.3) is 0 Å². The maximum atomic E-state index is 12.2. The average Bonchev–Trinajstić information content (AvgIpc) is 2.67. The van der Waals surface area contributed by atoms with Crippen LogP contribution in [0.15, 0.2) is 35.2 Å². The van der Waals surface area contributed by atoms with Crippen LogP contribution in [0, 0.1) is 0 Å². The predicted octanol–water partition coefficient (Wildman–Crippen LogP) is 1.16. The molecular formula is C11H15NO2S. The summed E-state index contributed by atoms with van der Waals surface area (Å²) in [6, 6.07) is 8.72. The summed E-state index contributed by atoms with van der Waals surface area (Å²) in [5, 5.41) is -0.232. The molecule has 4 heteroatoms. The molecule has 0 radical (unpaired) electrons. The quantitative estimate of drug-likeness (QED) is 0.758. The molecule has 0 N–H and O–H groups in total. The number of sulfone groups is 1. The first kappa shape index (κ1) is 10.6. The van der Waals surface area contributed by atoms with Gasteiger partial charge in [-0.1, -0.05) is 18.2 Å². The first-order chi connectivity index (χ1) is 7.10. The maximum Gasteiger partial charge on any atom is 0.182 e. The van der Waals surface area contributed by atoms with E-state index in [2.05, 4.69) is 4.90 Å². The van der Waals surface area contributed by atoms with Crippen LogP contribution in [0.2, 0.25) is 0 Å². The highest BCUT2D eigenvalue weighted by Crippen LogP contribution is 2.22. The molecule has 3 nitrogen and oxygen atoms in total. The van der Waals surface area contributed by atoms with Gasteiger partial charge < -0.3 is 4.90 Å². The monoisotopic (exact) mass is 225 g/mol. The van der Waals surface area contributed by atoms with Gasteiger partial charge >= 0.3 is 0 Å². The largest absolute Gasteiger partial charge is 0.305 e. The number of nitrogens with zero attached hydrogens (tertiary/aromatic N) is 1. The Hall–Kier alpha value is -0.870. The third-order valence-electron chi connectivity index (χ3n) is 2.86. The van der Waals surface area contributed by atoms with Crippen molar-refractivity contribution in [1.29, 1.82) is 0 Å². The lowest BCUT2D eigenvalue weighted by Crippen LogP contribution is -2.24. The van der Waals surface area contributed by atoms with E-state index in [1.54, 1.807) is 24.3 Å². The molecule has 0 saturated carbocycles. The van der Waals surface area contributed by atoms with Gasteiger partial charge in [-0.15, -0.1) is 0 Å². The van der Waals surface area contributed by atoms with Crippen LogP contribution in [0.1, 0.15) is 6.42 Å². The Morgan fingerprint density at radius 3 is 2.47 bits per heavy atom. The van der Waals surface area contributed by atoms with Crippen LogP contribution in [0.5, 0.6) is 0 Å². The van der Waals surface area contributed by atoms with E-state index in [9.17, 15) is 8.42 Å². The minimum absolute atomic E-state index is 0.232. The van der Waals surface area contributed by atoms with Crippen molar-refractivity contribution in [2.75, 3.05) is 20.1 Å². The molecule has 0 amide bonds. The van der Waals surface area contributed by atoms with Gasteiger partial charge in [-0.2, -0.15) is 0 Å². The SMILES string of the molecule is CN1CCC(S(=O)(=O)c2ccccc2)C1. The van der Waals surface area contributed by atoms with Crippen LogP contribution in [-0.4, -0.2) is 38.7 Å². The van der Waals surface area contributed by atoms with Crippen molar-refractivity contribution in [3.05, 3.63) is 30.3 Å². The number of rotatable bonds is 2. The predicted molar refractivity (Wildman–Crippen MR) is 59.5 cm³/mol. The summed E-state index contributed by atoms with van der Waals surface area (Å²) in [5.41, 5.74) is 0. The molecule has 1 saturated heterocycles. The van der Waals surface area contributed by atoms with E-state index in [-0.39, 0.29) is 5.25 Å². The van der Waals surface area contributed by atoms with Crippen LogP contribution < -0.4 is 0 Å². The van der Waals surface area contributed by atoms with Gasteiger partial charge in [0.05, 0.1) is 10.1 Å². The second-order valence-corrected chi connectivity index (χ2v) is 6.26. The summed E-state index contributed by atoms with van der Waals surface area (Å²) < 4.78 is 24.3. The summed E-state index contributed by atoms with van der Waals surface area (Å²) in [7, 11) is -1.15. The molecule has 0 spiro atoms.